The van der Waals surface area contributed by atoms with Crippen molar-refractivity contribution in [2.75, 3.05) is 13.7 Å². The highest BCUT2D eigenvalue weighted by Gasteiger charge is 2.33. The third-order valence-corrected chi connectivity index (χ3v) is 4.53. The van der Waals surface area contributed by atoms with Crippen LogP contribution in [0.3, 0.4) is 0 Å². The van der Waals surface area contributed by atoms with E-state index in [0.29, 0.717) is 5.41 Å². The van der Waals surface area contributed by atoms with Gasteiger partial charge in [0.1, 0.15) is 5.75 Å². The van der Waals surface area contributed by atoms with Crippen molar-refractivity contribution in [1.82, 2.24) is 10.3 Å². The minimum Gasteiger partial charge on any atom is -0.497 e. The fraction of sp³-hybridized carbons (Fsp3) is 0.722. The number of hydrogen-bond donors (Lipinski definition) is 1. The van der Waals surface area contributed by atoms with Crippen molar-refractivity contribution in [3.8, 4) is 5.75 Å². The van der Waals surface area contributed by atoms with Crippen LogP contribution in [0.15, 0.2) is 12.1 Å². The summed E-state index contributed by atoms with van der Waals surface area (Å²) in [6.07, 6.45) is 6.88. The Morgan fingerprint density at radius 3 is 2.62 bits per heavy atom. The molecule has 0 spiro atoms. The molecule has 0 aliphatic heterocycles. The van der Waals surface area contributed by atoms with Crippen LogP contribution in [0.4, 0.5) is 0 Å². The third kappa shape index (κ3) is 4.70. The number of ether oxygens (including phenoxy) is 1. The Morgan fingerprint density at radius 1 is 1.29 bits per heavy atom. The van der Waals surface area contributed by atoms with Gasteiger partial charge in [-0.15, -0.1) is 0 Å². The molecule has 1 heterocycles. The van der Waals surface area contributed by atoms with Crippen LogP contribution in [-0.2, 0) is 6.54 Å². The number of methoxy groups -OCH3 is 1. The monoisotopic (exact) mass is 290 g/mol. The van der Waals surface area contributed by atoms with Crippen LogP contribution in [0, 0.1) is 18.3 Å². The quantitative estimate of drug-likeness (QED) is 0.821. The summed E-state index contributed by atoms with van der Waals surface area (Å²) in [6.45, 7) is 8.64. The second-order valence-electron chi connectivity index (χ2n) is 7.05. The Hall–Kier alpha value is -1.09. The minimum absolute atomic E-state index is 0.516. The summed E-state index contributed by atoms with van der Waals surface area (Å²) in [5, 5.41) is 3.65. The SMILES string of the molecule is COc1cc(C)nc(CNCC2(CC(C)C)CCCC2)c1. The number of nitrogens with one attached hydrogen (secondary N) is 1. The summed E-state index contributed by atoms with van der Waals surface area (Å²) in [5.41, 5.74) is 2.61. The molecule has 0 atom stereocenters. The fourth-order valence-corrected chi connectivity index (χ4v) is 3.81. The fourth-order valence-electron chi connectivity index (χ4n) is 3.81. The van der Waals surface area contributed by atoms with Gasteiger partial charge < -0.3 is 10.1 Å². The summed E-state index contributed by atoms with van der Waals surface area (Å²) >= 11 is 0. The predicted molar refractivity (Wildman–Crippen MR) is 87.6 cm³/mol. The molecule has 118 valence electrons. The smallest absolute Gasteiger partial charge is 0.122 e. The zero-order valence-corrected chi connectivity index (χ0v) is 14.0. The van der Waals surface area contributed by atoms with Crippen LogP contribution in [0.5, 0.6) is 5.75 Å². The highest BCUT2D eigenvalue weighted by Crippen LogP contribution is 2.42. The predicted octanol–water partition coefficient (Wildman–Crippen LogP) is 4.09. The van der Waals surface area contributed by atoms with Gasteiger partial charge in [0.2, 0.25) is 0 Å². The van der Waals surface area contributed by atoms with Gasteiger partial charge in [0, 0.05) is 30.9 Å². The largest absolute Gasteiger partial charge is 0.497 e. The van der Waals surface area contributed by atoms with Crippen molar-refractivity contribution in [3.63, 3.8) is 0 Å². The molecule has 0 amide bonds. The molecule has 1 fully saturated rings. The molecule has 0 saturated heterocycles. The van der Waals surface area contributed by atoms with E-state index in [0.717, 1.165) is 36.1 Å². The topological polar surface area (TPSA) is 34.1 Å². The second kappa shape index (κ2) is 7.26. The zero-order valence-electron chi connectivity index (χ0n) is 14.0. The number of aryl methyl sites for hydroxylation is 1. The summed E-state index contributed by atoms with van der Waals surface area (Å²) in [6, 6.07) is 4.00. The molecule has 3 nitrogen and oxygen atoms in total. The minimum atomic E-state index is 0.516. The van der Waals surface area contributed by atoms with Gasteiger partial charge in [0.25, 0.3) is 0 Å². The Morgan fingerprint density at radius 2 is 2.00 bits per heavy atom. The maximum Gasteiger partial charge on any atom is 0.122 e. The van der Waals surface area contributed by atoms with Crippen LogP contribution in [-0.4, -0.2) is 18.6 Å². The normalized spacial score (nSPS) is 17.4. The first-order valence-corrected chi connectivity index (χ1v) is 8.25. The molecule has 0 unspecified atom stereocenters. The van der Waals surface area contributed by atoms with E-state index in [1.807, 2.05) is 19.1 Å². The van der Waals surface area contributed by atoms with E-state index in [1.165, 1.54) is 32.1 Å². The molecule has 1 N–H and O–H groups in total. The molecule has 1 aromatic rings. The molecular weight excluding hydrogens is 260 g/mol. The van der Waals surface area contributed by atoms with Crippen LogP contribution < -0.4 is 10.1 Å². The molecule has 3 heteroatoms. The van der Waals surface area contributed by atoms with Gasteiger partial charge in [-0.1, -0.05) is 26.7 Å². The van der Waals surface area contributed by atoms with E-state index in [9.17, 15) is 0 Å². The van der Waals surface area contributed by atoms with E-state index >= 15 is 0 Å². The number of nitrogens with zero attached hydrogens (tertiary/aromatic N) is 1. The summed E-state index contributed by atoms with van der Waals surface area (Å²) in [5.74, 6) is 1.68. The average Bonchev–Trinajstić information content (AvgIpc) is 2.85. The maximum absolute atomic E-state index is 5.32. The maximum atomic E-state index is 5.32. The van der Waals surface area contributed by atoms with Crippen molar-refractivity contribution in [2.45, 2.75) is 59.4 Å². The number of pyridine rings is 1. The Kier molecular flexibility index (Phi) is 5.63. The van der Waals surface area contributed by atoms with Crippen molar-refractivity contribution in [2.24, 2.45) is 11.3 Å². The molecular formula is C18H30N2O. The molecule has 1 aliphatic carbocycles. The lowest BCUT2D eigenvalue weighted by atomic mass is 9.78. The molecule has 1 saturated carbocycles. The lowest BCUT2D eigenvalue weighted by molar-refractivity contribution is 0.223. The lowest BCUT2D eigenvalue weighted by Crippen LogP contribution is -2.33. The zero-order chi connectivity index (χ0) is 15.3. The third-order valence-electron chi connectivity index (χ3n) is 4.53. The van der Waals surface area contributed by atoms with Crippen molar-refractivity contribution < 1.29 is 4.74 Å². The first kappa shape index (κ1) is 16.3. The highest BCUT2D eigenvalue weighted by atomic mass is 16.5. The van der Waals surface area contributed by atoms with Crippen molar-refractivity contribution in [3.05, 3.63) is 23.5 Å². The van der Waals surface area contributed by atoms with Crippen LogP contribution in [0.2, 0.25) is 0 Å². The van der Waals surface area contributed by atoms with E-state index in [4.69, 9.17) is 4.74 Å². The van der Waals surface area contributed by atoms with E-state index in [-0.39, 0.29) is 0 Å². The molecule has 1 aromatic heterocycles. The van der Waals surface area contributed by atoms with Gasteiger partial charge in [-0.25, -0.2) is 0 Å². The van der Waals surface area contributed by atoms with E-state index < -0.39 is 0 Å². The van der Waals surface area contributed by atoms with Crippen LogP contribution in [0.1, 0.15) is 57.3 Å². The van der Waals surface area contributed by atoms with E-state index in [2.05, 4.69) is 24.1 Å². The average molecular weight is 290 g/mol. The van der Waals surface area contributed by atoms with Gasteiger partial charge in [0.15, 0.2) is 0 Å². The molecule has 0 bridgehead atoms. The van der Waals surface area contributed by atoms with Gasteiger partial charge in [-0.05, 0) is 37.5 Å². The van der Waals surface area contributed by atoms with Gasteiger partial charge in [-0.2, -0.15) is 0 Å². The first-order valence-electron chi connectivity index (χ1n) is 8.25. The Labute approximate surface area is 129 Å². The summed E-state index contributed by atoms with van der Waals surface area (Å²) in [4.78, 5) is 4.59. The molecule has 0 aromatic carbocycles. The van der Waals surface area contributed by atoms with Crippen LogP contribution in [0.25, 0.3) is 0 Å². The molecule has 1 aliphatic rings. The molecule has 2 rings (SSSR count). The number of aromatic nitrogens is 1. The number of rotatable bonds is 7. The summed E-state index contributed by atoms with van der Waals surface area (Å²) < 4.78 is 5.32. The van der Waals surface area contributed by atoms with Gasteiger partial charge in [0.05, 0.1) is 12.8 Å². The first-order chi connectivity index (χ1) is 10.0. The highest BCUT2D eigenvalue weighted by molar-refractivity contribution is 5.26. The Bertz CT molecular complexity index is 451. The standard InChI is InChI=1S/C18H30N2O/c1-14(2)11-18(7-5-6-8-18)13-19-12-16-10-17(21-4)9-15(3)20-16/h9-10,14,19H,5-8,11-13H2,1-4H3. The van der Waals surface area contributed by atoms with Crippen molar-refractivity contribution >= 4 is 0 Å². The number of hydrogen-bond acceptors (Lipinski definition) is 3. The van der Waals surface area contributed by atoms with E-state index in [1.54, 1.807) is 7.11 Å². The van der Waals surface area contributed by atoms with Crippen LogP contribution >= 0.6 is 0 Å². The Balaban J connectivity index is 1.92. The second-order valence-corrected chi connectivity index (χ2v) is 7.05. The van der Waals surface area contributed by atoms with Gasteiger partial charge in [-0.3, -0.25) is 4.98 Å². The van der Waals surface area contributed by atoms with Gasteiger partial charge >= 0.3 is 0 Å². The molecule has 0 radical (unpaired) electrons. The summed E-state index contributed by atoms with van der Waals surface area (Å²) in [7, 11) is 1.71. The molecule has 21 heavy (non-hydrogen) atoms. The van der Waals surface area contributed by atoms with Crippen molar-refractivity contribution in [1.29, 1.82) is 0 Å². The lowest BCUT2D eigenvalue weighted by Gasteiger charge is -2.31.